The van der Waals surface area contributed by atoms with Crippen molar-refractivity contribution in [1.82, 2.24) is 0 Å². The Hall–Kier alpha value is -0.590. The zero-order chi connectivity index (χ0) is 9.35. The smallest absolute Gasteiger partial charge is 0.145 e. The van der Waals surface area contributed by atoms with Crippen LogP contribution in [0.1, 0.15) is 33.6 Å². The topological polar surface area (TPSA) is 17.1 Å². The van der Waals surface area contributed by atoms with Gasteiger partial charge >= 0.3 is 0 Å². The summed E-state index contributed by atoms with van der Waals surface area (Å²) in [5, 5.41) is 0. The van der Waals surface area contributed by atoms with E-state index in [1.165, 1.54) is 0 Å². The molecule has 0 aromatic rings. The van der Waals surface area contributed by atoms with E-state index in [-0.39, 0.29) is 11.3 Å². The molecule has 0 N–H and O–H groups in total. The molecule has 0 unspecified atom stereocenters. The van der Waals surface area contributed by atoms with Crippen LogP contribution >= 0.6 is 0 Å². The Balaban J connectivity index is 2.93. The SMILES string of the molecule is C=C[C@]1(C)C(=O)[C@H](C)CC[C@H]1C. The highest BCUT2D eigenvalue weighted by Gasteiger charge is 2.41. The minimum atomic E-state index is -0.266. The Morgan fingerprint density at radius 3 is 2.50 bits per heavy atom. The Bertz CT molecular complexity index is 207. The van der Waals surface area contributed by atoms with Crippen molar-refractivity contribution in [2.24, 2.45) is 17.3 Å². The van der Waals surface area contributed by atoms with Crippen LogP contribution in [0.5, 0.6) is 0 Å². The fourth-order valence-electron chi connectivity index (χ4n) is 2.01. The fourth-order valence-corrected chi connectivity index (χ4v) is 2.01. The first-order valence-corrected chi connectivity index (χ1v) is 4.70. The van der Waals surface area contributed by atoms with Gasteiger partial charge in [0, 0.05) is 11.3 Å². The molecule has 0 heterocycles. The van der Waals surface area contributed by atoms with Gasteiger partial charge in [-0.05, 0) is 25.7 Å². The Kier molecular flexibility index (Phi) is 2.41. The summed E-state index contributed by atoms with van der Waals surface area (Å²) in [6.45, 7) is 9.96. The highest BCUT2D eigenvalue weighted by atomic mass is 16.1. The van der Waals surface area contributed by atoms with Crippen molar-refractivity contribution in [3.8, 4) is 0 Å². The summed E-state index contributed by atoms with van der Waals surface area (Å²) in [7, 11) is 0. The van der Waals surface area contributed by atoms with E-state index in [0.717, 1.165) is 12.8 Å². The third-order valence-corrected chi connectivity index (χ3v) is 3.46. The third kappa shape index (κ3) is 1.21. The van der Waals surface area contributed by atoms with Gasteiger partial charge in [0.15, 0.2) is 0 Å². The molecule has 0 saturated heterocycles. The normalized spacial score (nSPS) is 42.8. The van der Waals surface area contributed by atoms with Crippen LogP contribution in [-0.2, 0) is 4.79 Å². The van der Waals surface area contributed by atoms with Gasteiger partial charge < -0.3 is 0 Å². The van der Waals surface area contributed by atoms with Gasteiger partial charge in [0.25, 0.3) is 0 Å². The van der Waals surface area contributed by atoms with Crippen molar-refractivity contribution in [3.05, 3.63) is 12.7 Å². The number of rotatable bonds is 1. The Morgan fingerprint density at radius 2 is 2.08 bits per heavy atom. The predicted octanol–water partition coefficient (Wildman–Crippen LogP) is 2.81. The molecular formula is C11H18O. The standard InChI is InChI=1S/C11H18O/c1-5-11(4)9(3)7-6-8(2)10(11)12/h5,8-9H,1,6-7H2,2-4H3/t8-,9-,11+/m1/s1. The van der Waals surface area contributed by atoms with Crippen LogP contribution in [0.15, 0.2) is 12.7 Å². The molecule has 0 radical (unpaired) electrons. The number of Topliss-reactive ketones (excluding diaryl/α,β-unsaturated/α-hetero) is 1. The molecule has 3 atom stereocenters. The first-order chi connectivity index (χ1) is 5.52. The van der Waals surface area contributed by atoms with Gasteiger partial charge in [-0.25, -0.2) is 0 Å². The molecule has 1 saturated carbocycles. The largest absolute Gasteiger partial charge is 0.298 e. The van der Waals surface area contributed by atoms with Crippen LogP contribution < -0.4 is 0 Å². The summed E-state index contributed by atoms with van der Waals surface area (Å²) in [6.07, 6.45) is 4.02. The second kappa shape index (κ2) is 3.04. The number of carbonyl (C=O) groups is 1. The number of hydrogen-bond acceptors (Lipinski definition) is 1. The van der Waals surface area contributed by atoms with Crippen LogP contribution in [-0.4, -0.2) is 5.78 Å². The van der Waals surface area contributed by atoms with Crippen molar-refractivity contribution in [3.63, 3.8) is 0 Å². The van der Waals surface area contributed by atoms with Gasteiger partial charge in [0.05, 0.1) is 0 Å². The van der Waals surface area contributed by atoms with E-state index < -0.39 is 0 Å². The predicted molar refractivity (Wildman–Crippen MR) is 50.9 cm³/mol. The van der Waals surface area contributed by atoms with Crippen molar-refractivity contribution in [1.29, 1.82) is 0 Å². The first kappa shape index (κ1) is 9.50. The number of hydrogen-bond donors (Lipinski definition) is 0. The minimum absolute atomic E-state index is 0.226. The molecule has 0 amide bonds. The van der Waals surface area contributed by atoms with E-state index in [2.05, 4.69) is 13.5 Å². The molecule has 0 aromatic heterocycles. The lowest BCUT2D eigenvalue weighted by Crippen LogP contribution is -2.40. The summed E-state index contributed by atoms with van der Waals surface area (Å²) in [6, 6.07) is 0. The average molecular weight is 166 g/mol. The van der Waals surface area contributed by atoms with E-state index in [1.54, 1.807) is 0 Å². The average Bonchev–Trinajstić information content (AvgIpc) is 2.08. The van der Waals surface area contributed by atoms with Crippen LogP contribution in [0.25, 0.3) is 0 Å². The van der Waals surface area contributed by atoms with Gasteiger partial charge in [-0.1, -0.05) is 19.9 Å². The van der Waals surface area contributed by atoms with Gasteiger partial charge in [-0.2, -0.15) is 0 Å². The van der Waals surface area contributed by atoms with Crippen LogP contribution in [0, 0.1) is 17.3 Å². The number of ketones is 1. The summed E-state index contributed by atoms with van der Waals surface area (Å²) in [5.41, 5.74) is -0.266. The second-order valence-electron chi connectivity index (χ2n) is 4.23. The number of allylic oxidation sites excluding steroid dienone is 1. The highest BCUT2D eigenvalue weighted by molar-refractivity contribution is 5.89. The van der Waals surface area contributed by atoms with E-state index in [9.17, 15) is 4.79 Å². The van der Waals surface area contributed by atoms with Gasteiger partial charge in [0.1, 0.15) is 5.78 Å². The van der Waals surface area contributed by atoms with E-state index in [4.69, 9.17) is 0 Å². The molecular weight excluding hydrogens is 148 g/mol. The quantitative estimate of drug-likeness (QED) is 0.547. The summed E-state index contributed by atoms with van der Waals surface area (Å²) in [5.74, 6) is 1.05. The molecule has 0 bridgehead atoms. The van der Waals surface area contributed by atoms with E-state index in [0.29, 0.717) is 11.7 Å². The lowest BCUT2D eigenvalue weighted by Gasteiger charge is -2.38. The summed E-state index contributed by atoms with van der Waals surface area (Å²) >= 11 is 0. The lowest BCUT2D eigenvalue weighted by molar-refractivity contribution is -0.134. The number of carbonyl (C=O) groups excluding carboxylic acids is 1. The zero-order valence-electron chi connectivity index (χ0n) is 8.26. The molecule has 12 heavy (non-hydrogen) atoms. The maximum Gasteiger partial charge on any atom is 0.145 e. The molecule has 0 spiro atoms. The Morgan fingerprint density at radius 1 is 1.50 bits per heavy atom. The summed E-state index contributed by atoms with van der Waals surface area (Å²) in [4.78, 5) is 11.8. The third-order valence-electron chi connectivity index (χ3n) is 3.46. The Labute approximate surface area is 74.9 Å². The van der Waals surface area contributed by atoms with Gasteiger partial charge in [-0.15, -0.1) is 6.58 Å². The van der Waals surface area contributed by atoms with Crippen molar-refractivity contribution >= 4 is 5.78 Å². The molecule has 1 rings (SSSR count). The zero-order valence-corrected chi connectivity index (χ0v) is 8.26. The maximum atomic E-state index is 11.8. The molecule has 1 heteroatoms. The molecule has 1 aliphatic carbocycles. The molecule has 1 nitrogen and oxygen atoms in total. The van der Waals surface area contributed by atoms with Gasteiger partial charge in [-0.3, -0.25) is 4.79 Å². The fraction of sp³-hybridized carbons (Fsp3) is 0.727. The van der Waals surface area contributed by atoms with Crippen molar-refractivity contribution in [2.75, 3.05) is 0 Å². The molecule has 1 aliphatic rings. The lowest BCUT2D eigenvalue weighted by atomic mass is 9.64. The van der Waals surface area contributed by atoms with Crippen LogP contribution in [0.2, 0.25) is 0 Å². The summed E-state index contributed by atoms with van der Waals surface area (Å²) < 4.78 is 0. The first-order valence-electron chi connectivity index (χ1n) is 4.70. The van der Waals surface area contributed by atoms with Gasteiger partial charge in [0.2, 0.25) is 0 Å². The minimum Gasteiger partial charge on any atom is -0.298 e. The van der Waals surface area contributed by atoms with E-state index in [1.807, 2.05) is 19.9 Å². The van der Waals surface area contributed by atoms with Crippen LogP contribution in [0.4, 0.5) is 0 Å². The highest BCUT2D eigenvalue weighted by Crippen LogP contribution is 2.41. The molecule has 0 aliphatic heterocycles. The van der Waals surface area contributed by atoms with Crippen molar-refractivity contribution in [2.45, 2.75) is 33.6 Å². The van der Waals surface area contributed by atoms with Crippen molar-refractivity contribution < 1.29 is 4.79 Å². The van der Waals surface area contributed by atoms with Crippen LogP contribution in [0.3, 0.4) is 0 Å². The second-order valence-corrected chi connectivity index (χ2v) is 4.23. The maximum absolute atomic E-state index is 11.8. The molecule has 0 aromatic carbocycles. The molecule has 1 fully saturated rings. The monoisotopic (exact) mass is 166 g/mol. The van der Waals surface area contributed by atoms with E-state index >= 15 is 0 Å². The molecule has 68 valence electrons.